The third-order valence-corrected chi connectivity index (χ3v) is 8.79. The van der Waals surface area contributed by atoms with Gasteiger partial charge in [0.1, 0.15) is 0 Å². The molecule has 3 heterocycles. The van der Waals surface area contributed by atoms with Crippen LogP contribution in [0.2, 0.25) is 0 Å². The Morgan fingerprint density at radius 2 is 0.717 bits per heavy atom. The summed E-state index contributed by atoms with van der Waals surface area (Å²) in [7, 11) is 0. The van der Waals surface area contributed by atoms with Gasteiger partial charge in [-0.3, -0.25) is 0 Å². The molecule has 0 spiro atoms. The van der Waals surface area contributed by atoms with Crippen LogP contribution in [0, 0.1) is 0 Å². The first kappa shape index (κ1) is 26.2. The number of nitrogens with zero attached hydrogens (tertiary/aromatic N) is 4. The van der Waals surface area contributed by atoms with Crippen molar-refractivity contribution in [2.24, 2.45) is 0 Å². The number of rotatable bonds is 4. The van der Waals surface area contributed by atoms with E-state index in [0.29, 0.717) is 0 Å². The SMILES string of the molecule is c1ccc2c(-c3ccc(-c4ccc(-c5ccc6ccc7ccc(-c8cccc9ccccc89)nc7c6n5)cc4)nn3)cccc2c1. The van der Waals surface area contributed by atoms with Gasteiger partial charge < -0.3 is 0 Å². The van der Waals surface area contributed by atoms with Crippen LogP contribution in [0.5, 0.6) is 0 Å². The molecule has 6 aromatic carbocycles. The van der Waals surface area contributed by atoms with E-state index < -0.39 is 0 Å². The summed E-state index contributed by atoms with van der Waals surface area (Å²) >= 11 is 0. The van der Waals surface area contributed by atoms with Crippen molar-refractivity contribution in [1.82, 2.24) is 20.2 Å². The lowest BCUT2D eigenvalue weighted by Crippen LogP contribution is -1.93. The molecule has 4 nitrogen and oxygen atoms in total. The topological polar surface area (TPSA) is 51.6 Å². The van der Waals surface area contributed by atoms with Crippen LogP contribution in [0.15, 0.2) is 158 Å². The first-order valence-corrected chi connectivity index (χ1v) is 15.4. The molecule has 0 aliphatic heterocycles. The normalized spacial score (nSPS) is 11.5. The molecule has 0 bridgehead atoms. The highest BCUT2D eigenvalue weighted by molar-refractivity contribution is 6.05. The molecule has 214 valence electrons. The predicted octanol–water partition coefficient (Wildman–Crippen LogP) is 10.5. The van der Waals surface area contributed by atoms with Gasteiger partial charge in [0.05, 0.1) is 33.8 Å². The van der Waals surface area contributed by atoms with Crippen molar-refractivity contribution in [2.45, 2.75) is 0 Å². The third kappa shape index (κ3) is 4.47. The van der Waals surface area contributed by atoms with Gasteiger partial charge in [0, 0.05) is 33.0 Å². The number of pyridine rings is 2. The summed E-state index contributed by atoms with van der Waals surface area (Å²) in [5, 5.41) is 16.1. The smallest absolute Gasteiger partial charge is 0.0972 e. The number of hydrogen-bond acceptors (Lipinski definition) is 4. The van der Waals surface area contributed by atoms with E-state index in [2.05, 4.69) is 156 Å². The predicted molar refractivity (Wildman–Crippen MR) is 189 cm³/mol. The van der Waals surface area contributed by atoms with Crippen molar-refractivity contribution in [1.29, 1.82) is 0 Å². The molecule has 9 aromatic rings. The Balaban J connectivity index is 1.06. The van der Waals surface area contributed by atoms with Crippen molar-refractivity contribution in [2.75, 3.05) is 0 Å². The van der Waals surface area contributed by atoms with E-state index in [9.17, 15) is 0 Å². The summed E-state index contributed by atoms with van der Waals surface area (Å²) in [6, 6.07) is 54.7. The van der Waals surface area contributed by atoms with Crippen LogP contribution >= 0.6 is 0 Å². The zero-order valence-corrected chi connectivity index (χ0v) is 24.8. The summed E-state index contributed by atoms with van der Waals surface area (Å²) < 4.78 is 0. The minimum absolute atomic E-state index is 0.832. The van der Waals surface area contributed by atoms with Crippen LogP contribution in [0.1, 0.15) is 0 Å². The fourth-order valence-corrected chi connectivity index (χ4v) is 6.42. The minimum atomic E-state index is 0.832. The quantitative estimate of drug-likeness (QED) is 0.193. The lowest BCUT2D eigenvalue weighted by atomic mass is 10.0. The molecule has 9 rings (SSSR count). The maximum atomic E-state index is 5.18. The van der Waals surface area contributed by atoms with Crippen molar-refractivity contribution in [3.8, 4) is 45.0 Å². The summed E-state index contributed by atoms with van der Waals surface area (Å²) in [4.78, 5) is 10.3. The second-order valence-corrected chi connectivity index (χ2v) is 11.5. The molecular weight excluding hydrogens is 560 g/mol. The van der Waals surface area contributed by atoms with E-state index >= 15 is 0 Å². The van der Waals surface area contributed by atoms with Crippen molar-refractivity contribution < 1.29 is 0 Å². The molecule has 0 saturated heterocycles. The molecule has 0 unspecified atom stereocenters. The van der Waals surface area contributed by atoms with Gasteiger partial charge in [0.25, 0.3) is 0 Å². The van der Waals surface area contributed by atoms with Crippen molar-refractivity contribution in [3.05, 3.63) is 158 Å². The highest BCUT2D eigenvalue weighted by Crippen LogP contribution is 2.33. The average Bonchev–Trinajstić information content (AvgIpc) is 3.14. The van der Waals surface area contributed by atoms with E-state index in [4.69, 9.17) is 9.97 Å². The second-order valence-electron chi connectivity index (χ2n) is 11.5. The lowest BCUT2D eigenvalue weighted by molar-refractivity contribution is 1.05. The van der Waals surface area contributed by atoms with Crippen LogP contribution in [0.3, 0.4) is 0 Å². The van der Waals surface area contributed by atoms with E-state index in [1.54, 1.807) is 0 Å². The van der Waals surface area contributed by atoms with Gasteiger partial charge >= 0.3 is 0 Å². The molecule has 0 atom stereocenters. The molecule has 46 heavy (non-hydrogen) atoms. The van der Waals surface area contributed by atoms with Gasteiger partial charge in [-0.2, -0.15) is 0 Å². The third-order valence-electron chi connectivity index (χ3n) is 8.79. The average molecular weight is 587 g/mol. The summed E-state index contributed by atoms with van der Waals surface area (Å²) in [6.45, 7) is 0. The number of hydrogen-bond donors (Lipinski definition) is 0. The molecule has 0 aliphatic rings. The van der Waals surface area contributed by atoms with Crippen LogP contribution < -0.4 is 0 Å². The molecule has 3 aromatic heterocycles. The fourth-order valence-electron chi connectivity index (χ4n) is 6.42. The van der Waals surface area contributed by atoms with Gasteiger partial charge in [0.15, 0.2) is 0 Å². The molecule has 0 N–H and O–H groups in total. The molecular formula is C42H26N4. The zero-order chi connectivity index (χ0) is 30.5. The summed E-state index contributed by atoms with van der Waals surface area (Å²) in [6.07, 6.45) is 0. The molecule has 0 fully saturated rings. The largest absolute Gasteiger partial charge is 0.245 e. The Morgan fingerprint density at radius 1 is 0.283 bits per heavy atom. The van der Waals surface area contributed by atoms with E-state index in [0.717, 1.165) is 66.8 Å². The standard InChI is InChI=1S/C42H26N4/c1-3-11-33-27(7-1)9-5-13-35(33)39-24-22-32-20-19-31-21-23-37(43-41(31)42(32)44-39)29-15-17-30(18-16-29)38-25-26-40(46-45-38)36-14-6-10-28-8-2-4-12-34(28)36/h1-26H. The zero-order valence-electron chi connectivity index (χ0n) is 24.8. The monoisotopic (exact) mass is 586 g/mol. The molecule has 4 heteroatoms. The maximum Gasteiger partial charge on any atom is 0.0972 e. The van der Waals surface area contributed by atoms with E-state index in [1.165, 1.54) is 21.5 Å². The molecule has 0 saturated carbocycles. The van der Waals surface area contributed by atoms with Crippen molar-refractivity contribution >= 4 is 43.4 Å². The van der Waals surface area contributed by atoms with Gasteiger partial charge in [-0.05, 0) is 45.8 Å². The van der Waals surface area contributed by atoms with Crippen LogP contribution in [-0.2, 0) is 0 Å². The van der Waals surface area contributed by atoms with Crippen molar-refractivity contribution in [3.63, 3.8) is 0 Å². The van der Waals surface area contributed by atoms with Gasteiger partial charge in [0.2, 0.25) is 0 Å². The Hall–Kier alpha value is -6.26. The Bertz CT molecular complexity index is 2560. The fraction of sp³-hybridized carbons (Fsp3) is 0. The highest BCUT2D eigenvalue weighted by atomic mass is 15.1. The van der Waals surface area contributed by atoms with Crippen LogP contribution in [0.25, 0.3) is 88.4 Å². The molecule has 0 aliphatic carbocycles. The van der Waals surface area contributed by atoms with E-state index in [1.807, 2.05) is 12.1 Å². The highest BCUT2D eigenvalue weighted by Gasteiger charge is 2.12. The van der Waals surface area contributed by atoms with E-state index in [-0.39, 0.29) is 0 Å². The summed E-state index contributed by atoms with van der Waals surface area (Å²) in [5.74, 6) is 0. The molecule has 0 radical (unpaired) electrons. The first-order valence-electron chi connectivity index (χ1n) is 15.4. The Labute approximate surface area is 265 Å². The van der Waals surface area contributed by atoms with Gasteiger partial charge in [-0.1, -0.05) is 133 Å². The number of benzene rings is 6. The minimum Gasteiger partial charge on any atom is -0.245 e. The van der Waals surface area contributed by atoms with Gasteiger partial charge in [-0.15, -0.1) is 10.2 Å². The first-order chi connectivity index (χ1) is 22.8. The molecule has 0 amide bonds. The summed E-state index contributed by atoms with van der Waals surface area (Å²) in [5.41, 5.74) is 9.60. The maximum absolute atomic E-state index is 5.18. The number of fused-ring (bicyclic) bond motifs is 5. The lowest BCUT2D eigenvalue weighted by Gasteiger charge is -2.10. The van der Waals surface area contributed by atoms with Crippen LogP contribution in [-0.4, -0.2) is 20.2 Å². The second kappa shape index (κ2) is 10.7. The Morgan fingerprint density at radius 3 is 1.33 bits per heavy atom. The van der Waals surface area contributed by atoms with Crippen LogP contribution in [0.4, 0.5) is 0 Å². The Kier molecular flexibility index (Phi) is 6.10. The number of aromatic nitrogens is 4. The van der Waals surface area contributed by atoms with Gasteiger partial charge in [-0.25, -0.2) is 9.97 Å².